The molecule has 1 amide bonds. The molecule has 1 heterocycles. The molecule has 3 aromatic rings. The Morgan fingerprint density at radius 1 is 1.09 bits per heavy atom. The van der Waals surface area contributed by atoms with Crippen molar-refractivity contribution in [3.63, 3.8) is 0 Å². The van der Waals surface area contributed by atoms with Crippen molar-refractivity contribution in [2.24, 2.45) is 4.99 Å². The molecule has 0 aromatic heterocycles. The van der Waals surface area contributed by atoms with Gasteiger partial charge in [0.1, 0.15) is 6.61 Å². The zero-order valence-electron chi connectivity index (χ0n) is 18.8. The van der Waals surface area contributed by atoms with Crippen molar-refractivity contribution in [2.75, 3.05) is 12.4 Å². The van der Waals surface area contributed by atoms with Gasteiger partial charge in [-0.05, 0) is 111 Å². The predicted molar refractivity (Wildman–Crippen MR) is 151 cm³/mol. The van der Waals surface area contributed by atoms with E-state index in [1.165, 1.54) is 6.92 Å². The van der Waals surface area contributed by atoms with Crippen LogP contribution in [0.3, 0.4) is 0 Å². The van der Waals surface area contributed by atoms with Crippen LogP contribution in [0.1, 0.15) is 23.6 Å². The number of halogens is 2. The van der Waals surface area contributed by atoms with E-state index in [1.807, 2.05) is 30.3 Å². The third kappa shape index (κ3) is 6.40. The van der Waals surface area contributed by atoms with Gasteiger partial charge >= 0.3 is 5.97 Å². The van der Waals surface area contributed by atoms with Crippen molar-refractivity contribution < 1.29 is 23.8 Å². The average molecular weight is 694 g/mol. The Kier molecular flexibility index (Phi) is 8.06. The van der Waals surface area contributed by atoms with Crippen molar-refractivity contribution in [3.8, 4) is 11.5 Å². The molecular weight excluding hydrogens is 674 g/mol. The molecule has 0 spiro atoms. The second-order valence-electron chi connectivity index (χ2n) is 7.54. The Morgan fingerprint density at radius 3 is 2.46 bits per heavy atom. The van der Waals surface area contributed by atoms with Gasteiger partial charge in [-0.2, -0.15) is 0 Å². The zero-order chi connectivity index (χ0) is 24.9. The van der Waals surface area contributed by atoms with Crippen LogP contribution in [0.15, 0.2) is 71.4 Å². The summed E-state index contributed by atoms with van der Waals surface area (Å²) in [7, 11) is 1.57. The number of anilines is 1. The van der Waals surface area contributed by atoms with Crippen LogP contribution in [0, 0.1) is 7.14 Å². The summed E-state index contributed by atoms with van der Waals surface area (Å²) in [6.45, 7) is 1.84. The van der Waals surface area contributed by atoms with E-state index in [2.05, 4.69) is 55.5 Å². The molecule has 0 atom stereocenters. The summed E-state index contributed by atoms with van der Waals surface area (Å²) in [5, 5.41) is 2.69. The monoisotopic (exact) mass is 694 g/mol. The van der Waals surface area contributed by atoms with E-state index >= 15 is 0 Å². The molecule has 178 valence electrons. The molecule has 0 aliphatic carbocycles. The summed E-state index contributed by atoms with van der Waals surface area (Å²) in [4.78, 5) is 28.0. The van der Waals surface area contributed by atoms with Crippen LogP contribution in [-0.4, -0.2) is 24.9 Å². The van der Waals surface area contributed by atoms with Crippen molar-refractivity contribution in [1.29, 1.82) is 0 Å². The van der Waals surface area contributed by atoms with Gasteiger partial charge in [-0.15, -0.1) is 0 Å². The summed E-state index contributed by atoms with van der Waals surface area (Å²) in [6, 6.07) is 18.7. The van der Waals surface area contributed by atoms with E-state index < -0.39 is 5.97 Å². The van der Waals surface area contributed by atoms with Gasteiger partial charge in [0.25, 0.3) is 0 Å². The Morgan fingerprint density at radius 2 is 1.80 bits per heavy atom. The van der Waals surface area contributed by atoms with Gasteiger partial charge in [-0.3, -0.25) is 4.79 Å². The molecule has 0 fully saturated rings. The first-order valence-electron chi connectivity index (χ1n) is 10.5. The normalized spacial score (nSPS) is 13.9. The number of benzene rings is 3. The number of hydrogen-bond acceptors (Lipinski definition) is 6. The molecule has 0 unspecified atom stereocenters. The van der Waals surface area contributed by atoms with Crippen LogP contribution < -0.4 is 14.8 Å². The number of ether oxygens (including phenoxy) is 3. The standard InChI is InChI=1S/C26H20I2N2O5/c1-15(31)29-20-9-5-18(6-10-20)25-30-22(26(32)35-25)12-17-11-21(28)24(23(13-17)33-2)34-14-16-3-7-19(27)8-4-16/h3-13H,14H2,1-2H3,(H,29,31)/b22-12-. The first-order valence-corrected chi connectivity index (χ1v) is 12.6. The number of carbonyl (C=O) groups is 2. The number of hydrogen-bond donors (Lipinski definition) is 1. The number of rotatable bonds is 7. The fraction of sp³-hybridized carbons (Fsp3) is 0.115. The predicted octanol–water partition coefficient (Wildman–Crippen LogP) is 5.79. The summed E-state index contributed by atoms with van der Waals surface area (Å²) in [5.74, 6) is 0.683. The highest BCUT2D eigenvalue weighted by atomic mass is 127. The number of nitrogens with zero attached hydrogens (tertiary/aromatic N) is 1. The Labute approximate surface area is 229 Å². The number of amides is 1. The van der Waals surface area contributed by atoms with Crippen LogP contribution in [-0.2, 0) is 20.9 Å². The lowest BCUT2D eigenvalue weighted by molar-refractivity contribution is -0.129. The van der Waals surface area contributed by atoms with E-state index in [0.717, 1.165) is 18.3 Å². The van der Waals surface area contributed by atoms with E-state index in [1.54, 1.807) is 43.5 Å². The van der Waals surface area contributed by atoms with Crippen LogP contribution in [0.2, 0.25) is 0 Å². The van der Waals surface area contributed by atoms with Gasteiger partial charge in [0.15, 0.2) is 17.2 Å². The Hall–Kier alpha value is -2.93. The highest BCUT2D eigenvalue weighted by molar-refractivity contribution is 14.1. The third-order valence-electron chi connectivity index (χ3n) is 4.92. The summed E-state index contributed by atoms with van der Waals surface area (Å²) in [6.07, 6.45) is 1.65. The number of aliphatic imine (C=N–C) groups is 1. The number of cyclic esters (lactones) is 1. The minimum absolute atomic E-state index is 0.163. The summed E-state index contributed by atoms with van der Waals surface area (Å²) < 4.78 is 18.9. The highest BCUT2D eigenvalue weighted by Crippen LogP contribution is 2.35. The molecule has 0 radical (unpaired) electrons. The molecule has 1 aliphatic rings. The smallest absolute Gasteiger partial charge is 0.363 e. The topological polar surface area (TPSA) is 86.2 Å². The maximum absolute atomic E-state index is 12.4. The number of methoxy groups -OCH3 is 1. The molecule has 0 bridgehead atoms. The molecule has 0 saturated heterocycles. The van der Waals surface area contributed by atoms with Crippen molar-refractivity contribution in [2.45, 2.75) is 13.5 Å². The second-order valence-corrected chi connectivity index (χ2v) is 9.95. The molecule has 1 N–H and O–H groups in total. The highest BCUT2D eigenvalue weighted by Gasteiger charge is 2.24. The van der Waals surface area contributed by atoms with Crippen molar-refractivity contribution in [3.05, 3.63) is 90.2 Å². The molecule has 35 heavy (non-hydrogen) atoms. The molecule has 9 heteroatoms. The second kappa shape index (κ2) is 11.2. The minimum Gasteiger partial charge on any atom is -0.493 e. The maximum atomic E-state index is 12.4. The lowest BCUT2D eigenvalue weighted by atomic mass is 10.1. The Balaban J connectivity index is 1.54. The average Bonchev–Trinajstić information content (AvgIpc) is 3.19. The van der Waals surface area contributed by atoms with Crippen LogP contribution in [0.25, 0.3) is 6.08 Å². The van der Waals surface area contributed by atoms with Gasteiger partial charge in [-0.25, -0.2) is 9.79 Å². The Bertz CT molecular complexity index is 1330. The fourth-order valence-electron chi connectivity index (χ4n) is 3.29. The van der Waals surface area contributed by atoms with Gasteiger partial charge in [0.2, 0.25) is 11.8 Å². The van der Waals surface area contributed by atoms with Gasteiger partial charge in [-0.1, -0.05) is 12.1 Å². The minimum atomic E-state index is -0.543. The molecule has 7 nitrogen and oxygen atoms in total. The van der Waals surface area contributed by atoms with Gasteiger partial charge in [0.05, 0.1) is 10.7 Å². The van der Waals surface area contributed by atoms with Crippen molar-refractivity contribution in [1.82, 2.24) is 0 Å². The molecule has 4 rings (SSSR count). The molecular formula is C26H20I2N2O5. The largest absolute Gasteiger partial charge is 0.493 e. The van der Waals surface area contributed by atoms with E-state index in [0.29, 0.717) is 29.4 Å². The maximum Gasteiger partial charge on any atom is 0.363 e. The summed E-state index contributed by atoms with van der Waals surface area (Å²) in [5.41, 5.74) is 3.23. The first kappa shape index (κ1) is 25.2. The zero-order valence-corrected chi connectivity index (χ0v) is 23.1. The van der Waals surface area contributed by atoms with Crippen LogP contribution >= 0.6 is 45.2 Å². The van der Waals surface area contributed by atoms with E-state index in [-0.39, 0.29) is 17.5 Å². The molecule has 0 saturated carbocycles. The van der Waals surface area contributed by atoms with Crippen LogP contribution in [0.4, 0.5) is 5.69 Å². The molecule has 1 aliphatic heterocycles. The van der Waals surface area contributed by atoms with Gasteiger partial charge in [0, 0.05) is 21.7 Å². The quantitative estimate of drug-likeness (QED) is 0.193. The van der Waals surface area contributed by atoms with E-state index in [9.17, 15) is 9.59 Å². The third-order valence-corrected chi connectivity index (χ3v) is 6.44. The SMILES string of the molecule is COc1cc(/C=C2\N=C(c3ccc(NC(C)=O)cc3)OC2=O)cc(I)c1OCc1ccc(I)cc1. The van der Waals surface area contributed by atoms with Crippen LogP contribution in [0.5, 0.6) is 11.5 Å². The van der Waals surface area contributed by atoms with Gasteiger partial charge < -0.3 is 19.5 Å². The van der Waals surface area contributed by atoms with Crippen molar-refractivity contribution >= 4 is 74.7 Å². The summed E-state index contributed by atoms with van der Waals surface area (Å²) >= 11 is 4.45. The number of esters is 1. The lowest BCUT2D eigenvalue weighted by Gasteiger charge is -2.14. The number of carbonyl (C=O) groups excluding carboxylic acids is 2. The first-order chi connectivity index (χ1) is 16.8. The lowest BCUT2D eigenvalue weighted by Crippen LogP contribution is -2.07. The van der Waals surface area contributed by atoms with E-state index in [4.69, 9.17) is 14.2 Å². The fourth-order valence-corrected chi connectivity index (χ4v) is 4.43. The number of nitrogens with one attached hydrogen (secondary N) is 1. The molecule has 3 aromatic carbocycles.